The molecule has 2 rings (SSSR count). The first kappa shape index (κ1) is 12.6. The fraction of sp³-hybridized carbons (Fsp3) is 0.286. The molecule has 2 aromatic rings. The molecule has 0 aliphatic heterocycles. The standard InChI is InChI=1S/C14H16INO/c1-10-5-3-4-6-13(10)11(2)16-9-12-7-8-14(15)17-12/h3-8,11,16H,9H2,1-2H3. The van der Waals surface area contributed by atoms with Crippen molar-refractivity contribution in [2.45, 2.75) is 26.4 Å². The molecule has 1 atom stereocenters. The molecule has 1 heterocycles. The zero-order valence-corrected chi connectivity index (χ0v) is 12.2. The number of nitrogens with one attached hydrogen (secondary N) is 1. The minimum absolute atomic E-state index is 0.332. The molecule has 0 amide bonds. The van der Waals surface area contributed by atoms with Gasteiger partial charge in [-0.25, -0.2) is 0 Å². The summed E-state index contributed by atoms with van der Waals surface area (Å²) in [5, 5.41) is 3.47. The van der Waals surface area contributed by atoms with Crippen molar-refractivity contribution in [1.29, 1.82) is 0 Å². The van der Waals surface area contributed by atoms with Gasteiger partial charge in [0.2, 0.25) is 0 Å². The Bertz CT molecular complexity index is 492. The van der Waals surface area contributed by atoms with Crippen LogP contribution in [0.3, 0.4) is 0 Å². The Morgan fingerprint density at radius 2 is 2.00 bits per heavy atom. The third-order valence-corrected chi connectivity index (χ3v) is 3.45. The largest absolute Gasteiger partial charge is 0.454 e. The molecule has 2 nitrogen and oxygen atoms in total. The molecule has 90 valence electrons. The molecule has 1 unspecified atom stereocenters. The summed E-state index contributed by atoms with van der Waals surface area (Å²) in [4.78, 5) is 0. The van der Waals surface area contributed by atoms with E-state index in [2.05, 4.69) is 66.0 Å². The van der Waals surface area contributed by atoms with Gasteiger partial charge in [0.05, 0.1) is 6.54 Å². The molecule has 1 N–H and O–H groups in total. The maximum atomic E-state index is 5.52. The summed E-state index contributed by atoms with van der Waals surface area (Å²) in [6, 6.07) is 12.8. The van der Waals surface area contributed by atoms with Gasteiger partial charge in [-0.3, -0.25) is 0 Å². The lowest BCUT2D eigenvalue weighted by Gasteiger charge is -2.15. The summed E-state index contributed by atoms with van der Waals surface area (Å²) in [6.45, 7) is 5.08. The van der Waals surface area contributed by atoms with Crippen LogP contribution in [0.15, 0.2) is 40.8 Å². The Morgan fingerprint density at radius 3 is 2.65 bits per heavy atom. The first-order valence-corrected chi connectivity index (χ1v) is 6.78. The minimum Gasteiger partial charge on any atom is -0.454 e. The van der Waals surface area contributed by atoms with Crippen molar-refractivity contribution in [1.82, 2.24) is 5.32 Å². The number of benzene rings is 1. The SMILES string of the molecule is Cc1ccccc1C(C)NCc1ccc(I)o1. The van der Waals surface area contributed by atoms with Crippen molar-refractivity contribution in [3.63, 3.8) is 0 Å². The summed E-state index contributed by atoms with van der Waals surface area (Å²) >= 11 is 2.18. The molecule has 0 aliphatic carbocycles. The van der Waals surface area contributed by atoms with E-state index in [1.165, 1.54) is 11.1 Å². The first-order chi connectivity index (χ1) is 8.16. The van der Waals surface area contributed by atoms with E-state index in [0.717, 1.165) is 16.1 Å². The average Bonchev–Trinajstić information content (AvgIpc) is 2.73. The third kappa shape index (κ3) is 3.33. The summed E-state index contributed by atoms with van der Waals surface area (Å²) in [5.41, 5.74) is 2.66. The lowest BCUT2D eigenvalue weighted by molar-refractivity contribution is 0.444. The van der Waals surface area contributed by atoms with Crippen LogP contribution in [0.25, 0.3) is 0 Å². The minimum atomic E-state index is 0.332. The van der Waals surface area contributed by atoms with E-state index in [0.29, 0.717) is 6.04 Å². The van der Waals surface area contributed by atoms with Gasteiger partial charge in [-0.1, -0.05) is 24.3 Å². The zero-order valence-electron chi connectivity index (χ0n) is 10.0. The number of aryl methyl sites for hydroxylation is 1. The van der Waals surface area contributed by atoms with Crippen LogP contribution in [0.1, 0.15) is 29.9 Å². The molecule has 0 fully saturated rings. The topological polar surface area (TPSA) is 25.2 Å². The maximum Gasteiger partial charge on any atom is 0.164 e. The van der Waals surface area contributed by atoms with Gasteiger partial charge in [0.15, 0.2) is 3.77 Å². The predicted octanol–water partition coefficient (Wildman–Crippen LogP) is 4.04. The van der Waals surface area contributed by atoms with E-state index in [9.17, 15) is 0 Å². The highest BCUT2D eigenvalue weighted by Gasteiger charge is 2.08. The van der Waals surface area contributed by atoms with E-state index >= 15 is 0 Å². The average molecular weight is 341 g/mol. The van der Waals surface area contributed by atoms with Crippen molar-refractivity contribution in [3.05, 3.63) is 57.1 Å². The summed E-state index contributed by atoms with van der Waals surface area (Å²) < 4.78 is 6.46. The van der Waals surface area contributed by atoms with Crippen LogP contribution in [0.2, 0.25) is 0 Å². The first-order valence-electron chi connectivity index (χ1n) is 5.70. The second-order valence-corrected chi connectivity index (χ2v) is 5.23. The van der Waals surface area contributed by atoms with Crippen molar-refractivity contribution in [3.8, 4) is 0 Å². The molecular formula is C14H16INO. The Kier molecular flexibility index (Phi) is 4.23. The molecule has 0 saturated heterocycles. The highest BCUT2D eigenvalue weighted by molar-refractivity contribution is 14.1. The van der Waals surface area contributed by atoms with Crippen molar-refractivity contribution in [2.75, 3.05) is 0 Å². The van der Waals surface area contributed by atoms with Gasteiger partial charge in [0.25, 0.3) is 0 Å². The molecule has 1 aromatic carbocycles. The Morgan fingerprint density at radius 1 is 1.24 bits per heavy atom. The maximum absolute atomic E-state index is 5.52. The van der Waals surface area contributed by atoms with Gasteiger partial charge in [0.1, 0.15) is 5.76 Å². The Balaban J connectivity index is 1.98. The van der Waals surface area contributed by atoms with Gasteiger partial charge in [0, 0.05) is 6.04 Å². The number of halogens is 1. The van der Waals surface area contributed by atoms with Crippen molar-refractivity contribution < 1.29 is 4.42 Å². The van der Waals surface area contributed by atoms with Gasteiger partial charge >= 0.3 is 0 Å². The quantitative estimate of drug-likeness (QED) is 0.849. The van der Waals surface area contributed by atoms with Gasteiger partial charge in [-0.15, -0.1) is 0 Å². The van der Waals surface area contributed by atoms with Crippen LogP contribution in [0.5, 0.6) is 0 Å². The highest BCUT2D eigenvalue weighted by atomic mass is 127. The summed E-state index contributed by atoms with van der Waals surface area (Å²) in [6.07, 6.45) is 0. The third-order valence-electron chi connectivity index (χ3n) is 2.87. The highest BCUT2D eigenvalue weighted by Crippen LogP contribution is 2.17. The van der Waals surface area contributed by atoms with E-state index in [-0.39, 0.29) is 0 Å². The molecular weight excluding hydrogens is 325 g/mol. The summed E-state index contributed by atoms with van der Waals surface area (Å²) in [5.74, 6) is 0.981. The van der Waals surface area contributed by atoms with E-state index in [1.807, 2.05) is 12.1 Å². The van der Waals surface area contributed by atoms with Crippen LogP contribution < -0.4 is 5.32 Å². The van der Waals surface area contributed by atoms with Crippen LogP contribution in [0, 0.1) is 10.7 Å². The molecule has 0 aliphatic rings. The second kappa shape index (κ2) is 5.69. The van der Waals surface area contributed by atoms with E-state index in [4.69, 9.17) is 4.42 Å². The van der Waals surface area contributed by atoms with Crippen LogP contribution in [-0.2, 0) is 6.54 Å². The fourth-order valence-corrected chi connectivity index (χ4v) is 2.35. The van der Waals surface area contributed by atoms with Crippen molar-refractivity contribution in [2.24, 2.45) is 0 Å². The van der Waals surface area contributed by atoms with Gasteiger partial charge in [-0.05, 0) is 59.7 Å². The number of hydrogen-bond acceptors (Lipinski definition) is 2. The second-order valence-electron chi connectivity index (χ2n) is 4.16. The fourth-order valence-electron chi connectivity index (χ4n) is 1.88. The van der Waals surface area contributed by atoms with Crippen LogP contribution in [-0.4, -0.2) is 0 Å². The molecule has 0 bridgehead atoms. The van der Waals surface area contributed by atoms with Crippen LogP contribution in [0.4, 0.5) is 0 Å². The number of rotatable bonds is 4. The Hall–Kier alpha value is -0.810. The van der Waals surface area contributed by atoms with E-state index < -0.39 is 0 Å². The smallest absolute Gasteiger partial charge is 0.164 e. The van der Waals surface area contributed by atoms with Gasteiger partial charge < -0.3 is 9.73 Å². The van der Waals surface area contributed by atoms with Gasteiger partial charge in [-0.2, -0.15) is 0 Å². The lowest BCUT2D eigenvalue weighted by atomic mass is 10.0. The molecule has 0 saturated carbocycles. The van der Waals surface area contributed by atoms with Crippen LogP contribution >= 0.6 is 22.6 Å². The summed E-state index contributed by atoms with van der Waals surface area (Å²) in [7, 11) is 0. The lowest BCUT2D eigenvalue weighted by Crippen LogP contribution is -2.18. The molecule has 0 spiro atoms. The zero-order chi connectivity index (χ0) is 12.3. The molecule has 0 radical (unpaired) electrons. The molecule has 1 aromatic heterocycles. The number of hydrogen-bond donors (Lipinski definition) is 1. The Labute approximate surface area is 116 Å². The monoisotopic (exact) mass is 341 g/mol. The normalized spacial score (nSPS) is 12.6. The van der Waals surface area contributed by atoms with E-state index in [1.54, 1.807) is 0 Å². The molecule has 3 heteroatoms. The number of furan rings is 1. The van der Waals surface area contributed by atoms with Crippen molar-refractivity contribution >= 4 is 22.6 Å². The predicted molar refractivity (Wildman–Crippen MR) is 77.9 cm³/mol. The molecule has 17 heavy (non-hydrogen) atoms.